The zero-order valence-corrected chi connectivity index (χ0v) is 17.3. The van der Waals surface area contributed by atoms with Gasteiger partial charge in [0, 0.05) is 50.3 Å². The molecular weight excluding hydrogens is 383 g/mol. The molecule has 1 fully saturated rings. The first-order chi connectivity index (χ1) is 14.5. The lowest BCUT2D eigenvalue weighted by atomic mass is 10.1. The lowest BCUT2D eigenvalue weighted by molar-refractivity contribution is -0.131. The molecule has 0 aliphatic carbocycles. The lowest BCUT2D eigenvalue weighted by Crippen LogP contribution is -2.49. The van der Waals surface area contributed by atoms with E-state index in [0.29, 0.717) is 43.2 Å². The Balaban J connectivity index is 1.30. The van der Waals surface area contributed by atoms with Crippen molar-refractivity contribution < 1.29 is 13.7 Å². The number of amides is 1. The summed E-state index contributed by atoms with van der Waals surface area (Å²) in [4.78, 5) is 21.1. The smallest absolute Gasteiger partial charge is 0.227 e. The molecule has 0 radical (unpaired) electrons. The van der Waals surface area contributed by atoms with Gasteiger partial charge in [0.05, 0.1) is 0 Å². The van der Waals surface area contributed by atoms with Crippen LogP contribution in [-0.4, -0.2) is 47.1 Å². The lowest BCUT2D eigenvalue weighted by Gasteiger charge is -2.37. The second kappa shape index (κ2) is 8.65. The zero-order chi connectivity index (χ0) is 21.1. The predicted molar refractivity (Wildman–Crippen MR) is 113 cm³/mol. The molecule has 1 aliphatic rings. The van der Waals surface area contributed by atoms with Gasteiger partial charge in [-0.2, -0.15) is 4.98 Å². The Kier molecular flexibility index (Phi) is 5.79. The van der Waals surface area contributed by atoms with Gasteiger partial charge in [-0.15, -0.1) is 0 Å². The van der Waals surface area contributed by atoms with E-state index < -0.39 is 0 Å². The normalized spacial score (nSPS) is 14.2. The molecule has 30 heavy (non-hydrogen) atoms. The number of rotatable bonds is 5. The molecule has 4 rings (SSSR count). The number of carbonyl (C=O) groups is 1. The standard InChI is InChI=1S/C23H25FN4O2/c1-16-5-3-8-20(17(16)2)27-11-13-28(14-12-27)22(29)10-9-21-25-23(26-30-21)18-6-4-7-19(24)15-18/h3-8,15H,9-14H2,1-2H3. The van der Waals surface area contributed by atoms with Crippen molar-refractivity contribution in [2.24, 2.45) is 0 Å². The minimum Gasteiger partial charge on any atom is -0.368 e. The van der Waals surface area contributed by atoms with Crippen molar-refractivity contribution in [1.82, 2.24) is 15.0 Å². The third kappa shape index (κ3) is 4.35. The van der Waals surface area contributed by atoms with Gasteiger partial charge in [0.1, 0.15) is 5.82 Å². The molecule has 1 aromatic heterocycles. The largest absolute Gasteiger partial charge is 0.368 e. The van der Waals surface area contributed by atoms with Crippen LogP contribution in [0.2, 0.25) is 0 Å². The van der Waals surface area contributed by atoms with E-state index in [1.807, 2.05) is 4.90 Å². The number of benzene rings is 2. The van der Waals surface area contributed by atoms with E-state index in [0.717, 1.165) is 13.1 Å². The van der Waals surface area contributed by atoms with Gasteiger partial charge < -0.3 is 14.3 Å². The van der Waals surface area contributed by atoms with Gasteiger partial charge in [-0.25, -0.2) is 4.39 Å². The second-order valence-corrected chi connectivity index (χ2v) is 7.61. The molecule has 2 aromatic carbocycles. The number of nitrogens with zero attached hydrogens (tertiary/aromatic N) is 4. The molecule has 0 saturated carbocycles. The molecule has 7 heteroatoms. The molecule has 2 heterocycles. The van der Waals surface area contributed by atoms with Gasteiger partial charge in [0.2, 0.25) is 17.6 Å². The number of aryl methyl sites for hydroxylation is 2. The van der Waals surface area contributed by atoms with E-state index in [9.17, 15) is 9.18 Å². The van der Waals surface area contributed by atoms with Crippen molar-refractivity contribution in [3.8, 4) is 11.4 Å². The van der Waals surface area contributed by atoms with E-state index in [1.165, 1.54) is 28.9 Å². The SMILES string of the molecule is Cc1cccc(N2CCN(C(=O)CCc3nc(-c4cccc(F)c4)no3)CC2)c1C. The minimum atomic E-state index is -0.353. The van der Waals surface area contributed by atoms with E-state index >= 15 is 0 Å². The first kappa shape index (κ1) is 20.1. The quantitative estimate of drug-likeness (QED) is 0.643. The van der Waals surface area contributed by atoms with E-state index in [-0.39, 0.29) is 11.7 Å². The maximum atomic E-state index is 13.4. The zero-order valence-electron chi connectivity index (χ0n) is 17.3. The highest BCUT2D eigenvalue weighted by Gasteiger charge is 2.22. The number of hydrogen-bond acceptors (Lipinski definition) is 5. The van der Waals surface area contributed by atoms with Crippen LogP contribution in [0.5, 0.6) is 0 Å². The van der Waals surface area contributed by atoms with Gasteiger partial charge in [0.15, 0.2) is 0 Å². The van der Waals surface area contributed by atoms with Crippen molar-refractivity contribution in [2.75, 3.05) is 31.1 Å². The van der Waals surface area contributed by atoms with Gasteiger partial charge >= 0.3 is 0 Å². The second-order valence-electron chi connectivity index (χ2n) is 7.61. The topological polar surface area (TPSA) is 62.5 Å². The Bertz CT molecular complexity index is 1040. The van der Waals surface area contributed by atoms with Gasteiger partial charge in [-0.05, 0) is 43.2 Å². The van der Waals surface area contributed by atoms with Crippen molar-refractivity contribution in [3.05, 3.63) is 65.3 Å². The summed E-state index contributed by atoms with van der Waals surface area (Å²) < 4.78 is 18.6. The molecule has 0 N–H and O–H groups in total. The van der Waals surface area contributed by atoms with Crippen LogP contribution in [0.3, 0.4) is 0 Å². The Morgan fingerprint density at radius 3 is 2.63 bits per heavy atom. The number of hydrogen-bond donors (Lipinski definition) is 0. The average Bonchev–Trinajstić information content (AvgIpc) is 3.23. The summed E-state index contributed by atoms with van der Waals surface area (Å²) in [6.07, 6.45) is 0.687. The summed E-state index contributed by atoms with van der Waals surface area (Å²) in [6, 6.07) is 12.4. The Morgan fingerprint density at radius 2 is 1.87 bits per heavy atom. The number of aromatic nitrogens is 2. The molecule has 156 valence electrons. The molecule has 0 spiro atoms. The fourth-order valence-electron chi connectivity index (χ4n) is 3.75. The van der Waals surface area contributed by atoms with Crippen LogP contribution in [-0.2, 0) is 11.2 Å². The van der Waals surface area contributed by atoms with E-state index in [1.54, 1.807) is 12.1 Å². The molecule has 6 nitrogen and oxygen atoms in total. The van der Waals surface area contributed by atoms with E-state index in [2.05, 4.69) is 47.1 Å². The van der Waals surface area contributed by atoms with Crippen LogP contribution in [0.15, 0.2) is 47.0 Å². The van der Waals surface area contributed by atoms with Gasteiger partial charge in [0.25, 0.3) is 0 Å². The number of anilines is 1. The Morgan fingerprint density at radius 1 is 1.10 bits per heavy atom. The first-order valence-corrected chi connectivity index (χ1v) is 10.2. The van der Waals surface area contributed by atoms with Gasteiger partial charge in [-0.1, -0.05) is 29.4 Å². The molecule has 0 unspecified atom stereocenters. The summed E-state index contributed by atoms with van der Waals surface area (Å²) in [5.74, 6) is 0.450. The van der Waals surface area contributed by atoms with Crippen molar-refractivity contribution in [3.63, 3.8) is 0 Å². The number of carbonyl (C=O) groups excluding carboxylic acids is 1. The molecule has 0 atom stereocenters. The van der Waals surface area contributed by atoms with Crippen molar-refractivity contribution in [2.45, 2.75) is 26.7 Å². The van der Waals surface area contributed by atoms with Gasteiger partial charge in [-0.3, -0.25) is 4.79 Å². The summed E-state index contributed by atoms with van der Waals surface area (Å²) in [6.45, 7) is 7.30. The number of piperazine rings is 1. The highest BCUT2D eigenvalue weighted by atomic mass is 19.1. The van der Waals surface area contributed by atoms with Crippen LogP contribution < -0.4 is 4.90 Å². The molecular formula is C23H25FN4O2. The highest BCUT2D eigenvalue weighted by Crippen LogP contribution is 2.24. The first-order valence-electron chi connectivity index (χ1n) is 10.2. The third-order valence-electron chi connectivity index (χ3n) is 5.65. The monoisotopic (exact) mass is 408 g/mol. The van der Waals surface area contributed by atoms with E-state index in [4.69, 9.17) is 4.52 Å². The fourth-order valence-corrected chi connectivity index (χ4v) is 3.75. The average molecular weight is 408 g/mol. The molecule has 1 saturated heterocycles. The van der Waals surface area contributed by atoms with Crippen LogP contribution in [0, 0.1) is 19.7 Å². The minimum absolute atomic E-state index is 0.0844. The third-order valence-corrected chi connectivity index (χ3v) is 5.65. The summed E-state index contributed by atoms with van der Waals surface area (Å²) in [5, 5.41) is 3.89. The fraction of sp³-hybridized carbons (Fsp3) is 0.348. The Hall–Kier alpha value is -3.22. The predicted octanol–water partition coefficient (Wildman–Crippen LogP) is 3.77. The Labute approximate surface area is 175 Å². The number of halogens is 1. The van der Waals surface area contributed by atoms with Crippen LogP contribution >= 0.6 is 0 Å². The summed E-state index contributed by atoms with van der Waals surface area (Å²) in [7, 11) is 0. The maximum absolute atomic E-state index is 13.4. The summed E-state index contributed by atoms with van der Waals surface area (Å²) >= 11 is 0. The van der Waals surface area contributed by atoms with Crippen LogP contribution in [0.4, 0.5) is 10.1 Å². The van der Waals surface area contributed by atoms with Crippen LogP contribution in [0.25, 0.3) is 11.4 Å². The van der Waals surface area contributed by atoms with Crippen LogP contribution in [0.1, 0.15) is 23.4 Å². The molecule has 1 aliphatic heterocycles. The highest BCUT2D eigenvalue weighted by molar-refractivity contribution is 5.76. The molecule has 3 aromatic rings. The molecule has 0 bridgehead atoms. The van der Waals surface area contributed by atoms with Crippen molar-refractivity contribution >= 4 is 11.6 Å². The van der Waals surface area contributed by atoms with Crippen molar-refractivity contribution in [1.29, 1.82) is 0 Å². The molecule has 1 amide bonds. The maximum Gasteiger partial charge on any atom is 0.227 e. The summed E-state index contributed by atoms with van der Waals surface area (Å²) in [5.41, 5.74) is 4.38.